The standard InChI is InChI=1S/C25H39N3O4/c1-20-18-28(24(30)31-19-21-8-6-5-7-9-21)17-16-27(20)15-14-26-12-10-22(11-13-26)23(29)32-25(2,3)4/h5-9,20,22H,10-19H2,1-4H3/t20-/m0/s1. The zero-order chi connectivity index (χ0) is 23.1. The summed E-state index contributed by atoms with van der Waals surface area (Å²) in [6, 6.07) is 10.1. The summed E-state index contributed by atoms with van der Waals surface area (Å²) in [5, 5.41) is 0. The van der Waals surface area contributed by atoms with Crippen molar-refractivity contribution in [1.29, 1.82) is 0 Å². The Morgan fingerprint density at radius 1 is 1.00 bits per heavy atom. The van der Waals surface area contributed by atoms with Gasteiger partial charge in [-0.25, -0.2) is 4.79 Å². The van der Waals surface area contributed by atoms with Crippen molar-refractivity contribution in [3.05, 3.63) is 35.9 Å². The Hall–Kier alpha value is -2.12. The average Bonchev–Trinajstić information content (AvgIpc) is 2.76. The maximum Gasteiger partial charge on any atom is 0.410 e. The monoisotopic (exact) mass is 445 g/mol. The first-order valence-electron chi connectivity index (χ1n) is 11.9. The van der Waals surface area contributed by atoms with Crippen LogP contribution in [-0.4, -0.2) is 84.2 Å². The fourth-order valence-electron chi connectivity index (χ4n) is 4.35. The van der Waals surface area contributed by atoms with E-state index >= 15 is 0 Å². The third kappa shape index (κ3) is 7.48. The van der Waals surface area contributed by atoms with Crippen molar-refractivity contribution in [2.24, 2.45) is 5.92 Å². The number of esters is 1. The fraction of sp³-hybridized carbons (Fsp3) is 0.680. The Kier molecular flexibility index (Phi) is 8.54. The van der Waals surface area contributed by atoms with Gasteiger partial charge in [0.05, 0.1) is 5.92 Å². The second-order valence-corrected chi connectivity index (χ2v) is 10.0. The molecule has 178 valence electrons. The molecule has 1 amide bonds. The number of hydrogen-bond donors (Lipinski definition) is 0. The van der Waals surface area contributed by atoms with E-state index in [-0.39, 0.29) is 18.0 Å². The van der Waals surface area contributed by atoms with Gasteiger partial charge < -0.3 is 19.3 Å². The lowest BCUT2D eigenvalue weighted by atomic mass is 9.96. The van der Waals surface area contributed by atoms with Crippen molar-refractivity contribution in [1.82, 2.24) is 14.7 Å². The Bertz CT molecular complexity index is 741. The van der Waals surface area contributed by atoms with E-state index in [1.807, 2.05) is 56.0 Å². The van der Waals surface area contributed by atoms with Gasteiger partial charge in [0.15, 0.2) is 0 Å². The summed E-state index contributed by atoms with van der Waals surface area (Å²) in [7, 11) is 0. The zero-order valence-electron chi connectivity index (χ0n) is 20.1. The molecular formula is C25H39N3O4. The minimum Gasteiger partial charge on any atom is -0.460 e. The summed E-state index contributed by atoms with van der Waals surface area (Å²) in [4.78, 5) is 31.4. The second-order valence-electron chi connectivity index (χ2n) is 10.0. The largest absolute Gasteiger partial charge is 0.460 e. The molecule has 0 bridgehead atoms. The number of ether oxygens (including phenoxy) is 2. The minimum absolute atomic E-state index is 0.0230. The van der Waals surface area contributed by atoms with E-state index in [0.29, 0.717) is 25.7 Å². The van der Waals surface area contributed by atoms with Crippen LogP contribution in [0.1, 0.15) is 46.1 Å². The third-order valence-electron chi connectivity index (χ3n) is 6.26. The van der Waals surface area contributed by atoms with Gasteiger partial charge in [0, 0.05) is 38.8 Å². The predicted octanol–water partition coefficient (Wildman–Crippen LogP) is 3.38. The normalized spacial score (nSPS) is 21.4. The SMILES string of the molecule is C[C@H]1CN(C(=O)OCc2ccccc2)CCN1CCN1CCC(C(=O)OC(C)(C)C)CC1. The van der Waals surface area contributed by atoms with E-state index in [9.17, 15) is 9.59 Å². The summed E-state index contributed by atoms with van der Waals surface area (Å²) in [6.07, 6.45) is 1.50. The molecule has 7 heteroatoms. The lowest BCUT2D eigenvalue weighted by Crippen LogP contribution is -2.55. The van der Waals surface area contributed by atoms with Crippen LogP contribution in [0.4, 0.5) is 4.79 Å². The van der Waals surface area contributed by atoms with Gasteiger partial charge in [-0.1, -0.05) is 30.3 Å². The summed E-state index contributed by atoms with van der Waals surface area (Å²) in [5.74, 6) is -0.0316. The number of hydrogen-bond acceptors (Lipinski definition) is 6. The molecule has 0 unspecified atom stereocenters. The highest BCUT2D eigenvalue weighted by Crippen LogP contribution is 2.22. The molecule has 7 nitrogen and oxygen atoms in total. The number of carbonyl (C=O) groups excluding carboxylic acids is 2. The Morgan fingerprint density at radius 3 is 2.31 bits per heavy atom. The molecule has 0 saturated carbocycles. The summed E-state index contributed by atoms with van der Waals surface area (Å²) in [6.45, 7) is 14.3. The summed E-state index contributed by atoms with van der Waals surface area (Å²) >= 11 is 0. The Balaban J connectivity index is 1.34. The van der Waals surface area contributed by atoms with Crippen LogP contribution in [0.2, 0.25) is 0 Å². The van der Waals surface area contributed by atoms with Crippen LogP contribution in [0.15, 0.2) is 30.3 Å². The Morgan fingerprint density at radius 2 is 1.69 bits per heavy atom. The third-order valence-corrected chi connectivity index (χ3v) is 6.26. The van der Waals surface area contributed by atoms with Gasteiger partial charge in [-0.05, 0) is 59.2 Å². The molecule has 1 aromatic rings. The number of amides is 1. The van der Waals surface area contributed by atoms with Crippen molar-refractivity contribution in [3.63, 3.8) is 0 Å². The highest BCUT2D eigenvalue weighted by atomic mass is 16.6. The first-order valence-corrected chi connectivity index (χ1v) is 11.9. The minimum atomic E-state index is -0.416. The molecule has 2 aliphatic heterocycles. The smallest absolute Gasteiger partial charge is 0.410 e. The maximum absolute atomic E-state index is 12.4. The van der Waals surface area contributed by atoms with Crippen molar-refractivity contribution in [2.75, 3.05) is 45.8 Å². The zero-order valence-corrected chi connectivity index (χ0v) is 20.1. The van der Waals surface area contributed by atoms with E-state index in [1.165, 1.54) is 0 Å². The summed E-state index contributed by atoms with van der Waals surface area (Å²) < 4.78 is 11.0. The van der Waals surface area contributed by atoms with Crippen LogP contribution < -0.4 is 0 Å². The number of rotatable bonds is 6. The quantitative estimate of drug-likeness (QED) is 0.626. The molecule has 0 aliphatic carbocycles. The molecule has 3 rings (SSSR count). The van der Waals surface area contributed by atoms with Gasteiger partial charge in [-0.2, -0.15) is 0 Å². The van der Waals surface area contributed by atoms with E-state index in [4.69, 9.17) is 9.47 Å². The molecule has 2 saturated heterocycles. The fourth-order valence-corrected chi connectivity index (χ4v) is 4.35. The van der Waals surface area contributed by atoms with Crippen molar-refractivity contribution < 1.29 is 19.1 Å². The molecule has 2 aliphatic rings. The topological polar surface area (TPSA) is 62.3 Å². The highest BCUT2D eigenvalue weighted by molar-refractivity contribution is 5.73. The number of carbonyl (C=O) groups is 2. The van der Waals surface area contributed by atoms with Gasteiger partial charge in [0.1, 0.15) is 12.2 Å². The molecule has 0 radical (unpaired) electrons. The molecule has 1 atom stereocenters. The van der Waals surface area contributed by atoms with Crippen LogP contribution in [0.25, 0.3) is 0 Å². The number of piperidine rings is 1. The first kappa shape index (κ1) is 24.5. The van der Waals surface area contributed by atoms with E-state index < -0.39 is 5.60 Å². The van der Waals surface area contributed by atoms with Crippen molar-refractivity contribution >= 4 is 12.1 Å². The van der Waals surface area contributed by atoms with E-state index in [2.05, 4.69) is 16.7 Å². The number of likely N-dealkylation sites (tertiary alicyclic amines) is 1. The number of piperazine rings is 1. The number of benzene rings is 1. The van der Waals surface area contributed by atoms with Crippen LogP contribution in [-0.2, 0) is 20.9 Å². The average molecular weight is 446 g/mol. The van der Waals surface area contributed by atoms with Crippen molar-refractivity contribution in [2.45, 2.75) is 58.8 Å². The van der Waals surface area contributed by atoms with Crippen LogP contribution in [0.5, 0.6) is 0 Å². The van der Waals surface area contributed by atoms with Gasteiger partial charge >= 0.3 is 12.1 Å². The van der Waals surface area contributed by atoms with Gasteiger partial charge in [-0.15, -0.1) is 0 Å². The number of nitrogens with zero attached hydrogens (tertiary/aromatic N) is 3. The van der Waals surface area contributed by atoms with Gasteiger partial charge in [-0.3, -0.25) is 9.69 Å². The van der Waals surface area contributed by atoms with Crippen LogP contribution in [0.3, 0.4) is 0 Å². The molecule has 2 fully saturated rings. The highest BCUT2D eigenvalue weighted by Gasteiger charge is 2.31. The summed E-state index contributed by atoms with van der Waals surface area (Å²) in [5.41, 5.74) is 0.587. The van der Waals surface area contributed by atoms with Gasteiger partial charge in [0.2, 0.25) is 0 Å². The Labute approximate surface area is 192 Å². The molecular weight excluding hydrogens is 406 g/mol. The van der Waals surface area contributed by atoms with Gasteiger partial charge in [0.25, 0.3) is 0 Å². The lowest BCUT2D eigenvalue weighted by Gasteiger charge is -2.40. The molecule has 0 aromatic heterocycles. The lowest BCUT2D eigenvalue weighted by molar-refractivity contribution is -0.161. The molecule has 0 N–H and O–H groups in total. The molecule has 1 aromatic carbocycles. The first-order chi connectivity index (χ1) is 15.2. The molecule has 2 heterocycles. The van der Waals surface area contributed by atoms with Crippen molar-refractivity contribution in [3.8, 4) is 0 Å². The van der Waals surface area contributed by atoms with E-state index in [0.717, 1.165) is 51.1 Å². The van der Waals surface area contributed by atoms with Crippen LogP contribution in [0, 0.1) is 5.92 Å². The molecule has 0 spiro atoms. The second kappa shape index (κ2) is 11.1. The molecule has 32 heavy (non-hydrogen) atoms. The van der Waals surface area contributed by atoms with Crippen LogP contribution >= 0.6 is 0 Å². The predicted molar refractivity (Wildman–Crippen MR) is 124 cm³/mol. The van der Waals surface area contributed by atoms with E-state index in [1.54, 1.807) is 0 Å². The maximum atomic E-state index is 12.4.